The molecule has 4 heteroatoms. The average Bonchev–Trinajstić information content (AvgIpc) is 2.20. The predicted octanol–water partition coefficient (Wildman–Crippen LogP) is -2.31. The fraction of sp³-hybridized carbons (Fsp3) is 0.733. The summed E-state index contributed by atoms with van der Waals surface area (Å²) in [6.45, 7) is 18.5. The minimum absolute atomic E-state index is 0. The Balaban J connectivity index is -0.000000853. The third-order valence-corrected chi connectivity index (χ3v) is 4.50. The van der Waals surface area contributed by atoms with Crippen molar-refractivity contribution >= 4 is 10.2 Å². The van der Waals surface area contributed by atoms with Crippen molar-refractivity contribution in [1.29, 1.82) is 0 Å². The second kappa shape index (κ2) is 7.31. The number of hydrogen-bond donors (Lipinski definition) is 0. The third-order valence-electron chi connectivity index (χ3n) is 3.50. The number of hydrogen-bond acceptors (Lipinski definition) is 0. The van der Waals surface area contributed by atoms with Crippen molar-refractivity contribution < 1.29 is 46.5 Å². The molecule has 0 spiro atoms. The van der Waals surface area contributed by atoms with E-state index in [1.807, 2.05) is 0 Å². The van der Waals surface area contributed by atoms with E-state index in [1.165, 1.54) is 5.57 Å². The van der Waals surface area contributed by atoms with E-state index < -0.39 is 0 Å². The summed E-state index contributed by atoms with van der Waals surface area (Å²) < 4.78 is 0. The standard InChI is InChI=1S/C15H27Si.2ClH.Ti/c1-10-12(14(5,6)7)11(13(2,3)4)9-15(10,8)16;;;/h1-8,16H3;2*1H;/q-1;;;+3/p-2. The maximum Gasteiger partial charge on any atom is 3.00 e. The smallest absolute Gasteiger partial charge is 1.00 e. The Bertz CT molecular complexity index is 369. The van der Waals surface area contributed by atoms with Gasteiger partial charge in [0.25, 0.3) is 0 Å². The monoisotopic (exact) mass is 353 g/mol. The summed E-state index contributed by atoms with van der Waals surface area (Å²) >= 11 is 0. The first-order valence-corrected chi connectivity index (χ1v) is 7.25. The molecule has 0 fully saturated rings. The molecule has 1 radical (unpaired) electrons. The molecule has 1 unspecified atom stereocenters. The minimum Gasteiger partial charge on any atom is -1.00 e. The molecular formula is C15H27Cl2SiTi. The van der Waals surface area contributed by atoms with Gasteiger partial charge in [-0.1, -0.05) is 65.8 Å². The van der Waals surface area contributed by atoms with Crippen LogP contribution in [0.25, 0.3) is 0 Å². The molecule has 0 aromatic heterocycles. The van der Waals surface area contributed by atoms with Crippen molar-refractivity contribution in [1.82, 2.24) is 0 Å². The first kappa shape index (κ1) is 25.0. The summed E-state index contributed by atoms with van der Waals surface area (Å²) in [6, 6.07) is 0. The molecule has 1 aliphatic carbocycles. The number of allylic oxidation sites excluding steroid dienone is 4. The Hall–Kier alpha value is 0.991. The van der Waals surface area contributed by atoms with Crippen LogP contribution in [0.15, 0.2) is 16.7 Å². The summed E-state index contributed by atoms with van der Waals surface area (Å²) in [5, 5.41) is 0.241. The molecule has 0 aromatic carbocycles. The maximum atomic E-state index is 3.78. The van der Waals surface area contributed by atoms with Crippen LogP contribution in [0.2, 0.25) is 5.04 Å². The van der Waals surface area contributed by atoms with Gasteiger partial charge in [0.2, 0.25) is 0 Å². The molecule has 0 saturated heterocycles. The van der Waals surface area contributed by atoms with Gasteiger partial charge in [-0.25, -0.2) is 5.57 Å². The average molecular weight is 354 g/mol. The quantitative estimate of drug-likeness (QED) is 0.339. The largest absolute Gasteiger partial charge is 3.00 e. The first-order valence-electron chi connectivity index (χ1n) is 6.25. The van der Waals surface area contributed by atoms with Crippen molar-refractivity contribution in [3.63, 3.8) is 0 Å². The summed E-state index contributed by atoms with van der Waals surface area (Å²) in [5.74, 6) is 0. The molecular weight excluding hydrogens is 327 g/mol. The van der Waals surface area contributed by atoms with Crippen molar-refractivity contribution in [3.8, 4) is 0 Å². The predicted molar refractivity (Wildman–Crippen MR) is 76.7 cm³/mol. The third kappa shape index (κ3) is 5.36. The van der Waals surface area contributed by atoms with Gasteiger partial charge in [-0.05, 0) is 15.7 Å². The van der Waals surface area contributed by atoms with Gasteiger partial charge in [-0.3, -0.25) is 6.08 Å². The van der Waals surface area contributed by atoms with Crippen LogP contribution >= 0.6 is 0 Å². The minimum atomic E-state index is 0. The Morgan fingerprint density at radius 2 is 1.32 bits per heavy atom. The van der Waals surface area contributed by atoms with E-state index in [0.29, 0.717) is 0 Å². The van der Waals surface area contributed by atoms with Gasteiger partial charge in [-0.2, -0.15) is 11.1 Å². The molecule has 19 heavy (non-hydrogen) atoms. The molecule has 109 valence electrons. The van der Waals surface area contributed by atoms with E-state index in [4.69, 9.17) is 0 Å². The first-order chi connectivity index (χ1) is 6.87. The van der Waals surface area contributed by atoms with E-state index in [-0.39, 0.29) is 62.4 Å². The van der Waals surface area contributed by atoms with Crippen LogP contribution < -0.4 is 24.8 Å². The molecule has 0 bridgehead atoms. The van der Waals surface area contributed by atoms with Gasteiger partial charge in [-0.15, -0.1) is 0 Å². The molecule has 0 nitrogen and oxygen atoms in total. The van der Waals surface area contributed by atoms with Crippen molar-refractivity contribution in [2.24, 2.45) is 10.8 Å². The Morgan fingerprint density at radius 3 is 1.53 bits per heavy atom. The van der Waals surface area contributed by atoms with Crippen LogP contribution in [0.4, 0.5) is 0 Å². The molecule has 0 heterocycles. The zero-order valence-electron chi connectivity index (χ0n) is 13.8. The maximum absolute atomic E-state index is 3.78. The van der Waals surface area contributed by atoms with Gasteiger partial charge in [0.1, 0.15) is 0 Å². The molecule has 1 atom stereocenters. The fourth-order valence-corrected chi connectivity index (χ4v) is 2.97. The zero-order chi connectivity index (χ0) is 12.9. The molecule has 0 saturated carbocycles. The van der Waals surface area contributed by atoms with Crippen LogP contribution in [0.1, 0.15) is 55.4 Å². The van der Waals surface area contributed by atoms with Crippen molar-refractivity contribution in [2.75, 3.05) is 0 Å². The van der Waals surface area contributed by atoms with E-state index in [9.17, 15) is 0 Å². The topological polar surface area (TPSA) is 0 Å². The van der Waals surface area contributed by atoms with E-state index >= 15 is 0 Å². The van der Waals surface area contributed by atoms with Gasteiger partial charge >= 0.3 is 21.7 Å². The van der Waals surface area contributed by atoms with Gasteiger partial charge in [0, 0.05) is 0 Å². The molecule has 0 N–H and O–H groups in total. The van der Waals surface area contributed by atoms with E-state index in [1.54, 1.807) is 11.1 Å². The molecule has 0 aliphatic heterocycles. The SMILES string of the molecule is CC1=C(C(C)(C)C)C(C(C)(C)C)=[C-]C1(C)[SiH3].[Cl-].[Cl-].[Ti+3]. The summed E-state index contributed by atoms with van der Waals surface area (Å²) in [5.41, 5.74) is 5.01. The summed E-state index contributed by atoms with van der Waals surface area (Å²) in [4.78, 5) is 0. The van der Waals surface area contributed by atoms with E-state index in [2.05, 4.69) is 61.5 Å². The molecule has 1 aliphatic rings. The molecule has 0 amide bonds. The normalized spacial score (nSPS) is 23.3. The van der Waals surface area contributed by atoms with Gasteiger partial charge < -0.3 is 24.8 Å². The van der Waals surface area contributed by atoms with Gasteiger partial charge in [0.15, 0.2) is 0 Å². The van der Waals surface area contributed by atoms with Crippen molar-refractivity contribution in [2.45, 2.75) is 60.4 Å². The second-order valence-electron chi connectivity index (χ2n) is 7.62. The van der Waals surface area contributed by atoms with Gasteiger partial charge in [0.05, 0.1) is 0 Å². The van der Waals surface area contributed by atoms with Crippen LogP contribution in [0, 0.1) is 16.9 Å². The van der Waals surface area contributed by atoms with Crippen LogP contribution in [-0.2, 0) is 21.7 Å². The molecule has 1 rings (SSSR count). The van der Waals surface area contributed by atoms with Crippen LogP contribution in [0.5, 0.6) is 0 Å². The van der Waals surface area contributed by atoms with Crippen LogP contribution in [-0.4, -0.2) is 10.2 Å². The summed E-state index contributed by atoms with van der Waals surface area (Å²) in [6.07, 6.45) is 3.78. The summed E-state index contributed by atoms with van der Waals surface area (Å²) in [7, 11) is 1.15. The Kier molecular flexibility index (Phi) is 9.61. The number of rotatable bonds is 0. The fourth-order valence-electron chi connectivity index (χ4n) is 2.47. The Morgan fingerprint density at radius 1 is 0.947 bits per heavy atom. The Labute approximate surface area is 150 Å². The second-order valence-corrected chi connectivity index (χ2v) is 9.62. The van der Waals surface area contributed by atoms with Crippen LogP contribution in [0.3, 0.4) is 0 Å². The zero-order valence-corrected chi connectivity index (χ0v) is 18.8. The molecule has 0 aromatic rings. The number of halogens is 2. The van der Waals surface area contributed by atoms with E-state index in [0.717, 1.165) is 10.2 Å². The van der Waals surface area contributed by atoms with Crippen molar-refractivity contribution in [3.05, 3.63) is 22.8 Å².